The highest BCUT2D eigenvalue weighted by molar-refractivity contribution is 7.14. The fourth-order valence-corrected chi connectivity index (χ4v) is 2.25. The summed E-state index contributed by atoms with van der Waals surface area (Å²) in [4.78, 5) is 7.50. The van der Waals surface area contributed by atoms with Gasteiger partial charge in [-0.05, 0) is 13.0 Å². The lowest BCUT2D eigenvalue weighted by Gasteiger charge is -1.99. The van der Waals surface area contributed by atoms with Crippen LogP contribution in [0.15, 0.2) is 17.6 Å². The zero-order chi connectivity index (χ0) is 10.8. The van der Waals surface area contributed by atoms with Crippen molar-refractivity contribution in [2.75, 3.05) is 0 Å². The molecular weight excluding hydrogens is 230 g/mol. The number of halogens is 1. The molecule has 3 nitrogen and oxygen atoms in total. The topological polar surface area (TPSA) is 54.7 Å². The lowest BCUT2D eigenvalue weighted by molar-refractivity contribution is 0.710. The van der Waals surface area contributed by atoms with Crippen LogP contribution in [0.4, 0.5) is 0 Å². The summed E-state index contributed by atoms with van der Waals surface area (Å²) in [6.07, 6.45) is 2.58. The lowest BCUT2D eigenvalue weighted by atomic mass is 10.2. The molecule has 0 aromatic carbocycles. The molecule has 15 heavy (non-hydrogen) atoms. The van der Waals surface area contributed by atoms with Crippen LogP contribution in [0.5, 0.6) is 0 Å². The van der Waals surface area contributed by atoms with Crippen molar-refractivity contribution in [1.82, 2.24) is 9.97 Å². The number of H-pyrrole nitrogens is 1. The second kappa shape index (κ2) is 4.35. The molecule has 0 saturated carbocycles. The molecule has 1 atom stereocenters. The minimum absolute atomic E-state index is 0.120. The van der Waals surface area contributed by atoms with Gasteiger partial charge in [-0.25, -0.2) is 4.98 Å². The maximum Gasteiger partial charge on any atom is 0.108 e. The summed E-state index contributed by atoms with van der Waals surface area (Å²) in [7, 11) is 0. The third kappa shape index (κ3) is 2.59. The summed E-state index contributed by atoms with van der Waals surface area (Å²) in [5.74, 6) is 0.919. The molecule has 2 aromatic rings. The largest absolute Gasteiger partial charge is 0.342 e. The van der Waals surface area contributed by atoms with E-state index in [9.17, 15) is 0 Å². The fourth-order valence-electron chi connectivity index (χ4n) is 1.37. The molecular formula is C10H12ClN3S. The van der Waals surface area contributed by atoms with Crippen LogP contribution in [-0.2, 0) is 6.42 Å². The van der Waals surface area contributed by atoms with Gasteiger partial charge in [0.1, 0.15) is 5.82 Å². The summed E-state index contributed by atoms with van der Waals surface area (Å²) >= 11 is 7.38. The van der Waals surface area contributed by atoms with Crippen molar-refractivity contribution in [1.29, 1.82) is 0 Å². The van der Waals surface area contributed by atoms with Crippen LogP contribution in [0.2, 0.25) is 4.34 Å². The van der Waals surface area contributed by atoms with Crippen LogP contribution >= 0.6 is 22.9 Å². The van der Waals surface area contributed by atoms with Gasteiger partial charge < -0.3 is 10.7 Å². The third-order valence-electron chi connectivity index (χ3n) is 2.02. The molecule has 2 rings (SSSR count). The van der Waals surface area contributed by atoms with Crippen LogP contribution in [0.3, 0.4) is 0 Å². The standard InChI is InChI=1S/C10H12ClN3S/c1-6(12)2-10-13-4-8(14-10)7-3-9(11)15-5-7/h3-6H,2,12H2,1H3,(H,13,14). The van der Waals surface area contributed by atoms with Gasteiger partial charge in [0.05, 0.1) is 16.2 Å². The van der Waals surface area contributed by atoms with Crippen molar-refractivity contribution in [3.05, 3.63) is 27.8 Å². The molecule has 0 amide bonds. The molecule has 0 radical (unpaired) electrons. The molecule has 3 N–H and O–H groups in total. The van der Waals surface area contributed by atoms with Crippen LogP contribution in [0, 0.1) is 0 Å². The quantitative estimate of drug-likeness (QED) is 0.868. The highest BCUT2D eigenvalue weighted by Gasteiger charge is 2.06. The molecule has 0 bridgehead atoms. The number of nitrogens with zero attached hydrogens (tertiary/aromatic N) is 1. The molecule has 0 aliphatic heterocycles. The molecule has 5 heteroatoms. The van der Waals surface area contributed by atoms with E-state index < -0.39 is 0 Å². The Labute approximate surface area is 97.3 Å². The average Bonchev–Trinajstić information content (AvgIpc) is 2.72. The van der Waals surface area contributed by atoms with E-state index in [1.807, 2.05) is 24.6 Å². The van der Waals surface area contributed by atoms with Gasteiger partial charge in [0, 0.05) is 23.4 Å². The van der Waals surface area contributed by atoms with Crippen molar-refractivity contribution >= 4 is 22.9 Å². The van der Waals surface area contributed by atoms with E-state index in [-0.39, 0.29) is 6.04 Å². The molecule has 2 heterocycles. The number of imidazole rings is 1. The minimum atomic E-state index is 0.120. The third-order valence-corrected chi connectivity index (χ3v) is 3.11. The average molecular weight is 242 g/mol. The van der Waals surface area contributed by atoms with Crippen LogP contribution in [0.1, 0.15) is 12.7 Å². The lowest BCUT2D eigenvalue weighted by Crippen LogP contribution is -2.18. The molecule has 2 aromatic heterocycles. The minimum Gasteiger partial charge on any atom is -0.342 e. The highest BCUT2D eigenvalue weighted by Crippen LogP contribution is 2.27. The summed E-state index contributed by atoms with van der Waals surface area (Å²) in [6.45, 7) is 1.96. The van der Waals surface area contributed by atoms with Crippen molar-refractivity contribution in [3.8, 4) is 11.3 Å². The molecule has 0 spiro atoms. The number of thiophene rings is 1. The molecule has 80 valence electrons. The Morgan fingerprint density at radius 3 is 3.07 bits per heavy atom. The monoisotopic (exact) mass is 241 g/mol. The maximum absolute atomic E-state index is 5.87. The molecule has 1 unspecified atom stereocenters. The summed E-state index contributed by atoms with van der Waals surface area (Å²) in [6, 6.07) is 2.05. The van der Waals surface area contributed by atoms with Gasteiger partial charge in [0.25, 0.3) is 0 Å². The van der Waals surface area contributed by atoms with Crippen LogP contribution in [-0.4, -0.2) is 16.0 Å². The number of aromatic amines is 1. The Morgan fingerprint density at radius 1 is 1.67 bits per heavy atom. The van der Waals surface area contributed by atoms with Gasteiger partial charge in [-0.3, -0.25) is 0 Å². The summed E-state index contributed by atoms with van der Waals surface area (Å²) < 4.78 is 0.786. The smallest absolute Gasteiger partial charge is 0.108 e. The summed E-state index contributed by atoms with van der Waals surface area (Å²) in [5, 5.41) is 2.01. The fraction of sp³-hybridized carbons (Fsp3) is 0.300. The van der Waals surface area contributed by atoms with Crippen molar-refractivity contribution < 1.29 is 0 Å². The van der Waals surface area contributed by atoms with Crippen molar-refractivity contribution in [2.45, 2.75) is 19.4 Å². The van der Waals surface area contributed by atoms with Crippen molar-refractivity contribution in [3.63, 3.8) is 0 Å². The van der Waals surface area contributed by atoms with Gasteiger partial charge in [-0.15, -0.1) is 11.3 Å². The second-order valence-corrected chi connectivity index (χ2v) is 5.11. The van der Waals surface area contributed by atoms with E-state index >= 15 is 0 Å². The van der Waals surface area contributed by atoms with E-state index in [1.165, 1.54) is 11.3 Å². The van der Waals surface area contributed by atoms with Gasteiger partial charge in [0.15, 0.2) is 0 Å². The Bertz CT molecular complexity index is 447. The second-order valence-electron chi connectivity index (χ2n) is 3.56. The van der Waals surface area contributed by atoms with Crippen LogP contribution in [0.25, 0.3) is 11.3 Å². The first kappa shape index (κ1) is 10.7. The molecule has 0 saturated heterocycles. The predicted molar refractivity (Wildman–Crippen MR) is 64.3 cm³/mol. The van der Waals surface area contributed by atoms with E-state index in [1.54, 1.807) is 0 Å². The van der Waals surface area contributed by atoms with Crippen molar-refractivity contribution in [2.24, 2.45) is 5.73 Å². The van der Waals surface area contributed by atoms with E-state index in [4.69, 9.17) is 17.3 Å². The normalized spacial score (nSPS) is 13.0. The Morgan fingerprint density at radius 2 is 2.47 bits per heavy atom. The Balaban J connectivity index is 2.20. The van der Waals surface area contributed by atoms with E-state index in [0.717, 1.165) is 27.8 Å². The van der Waals surface area contributed by atoms with E-state index in [2.05, 4.69) is 9.97 Å². The number of nitrogens with two attached hydrogens (primary N) is 1. The number of rotatable bonds is 3. The zero-order valence-electron chi connectivity index (χ0n) is 8.33. The highest BCUT2D eigenvalue weighted by atomic mass is 35.5. The number of hydrogen-bond acceptors (Lipinski definition) is 3. The first-order valence-electron chi connectivity index (χ1n) is 4.69. The first-order valence-corrected chi connectivity index (χ1v) is 5.95. The van der Waals surface area contributed by atoms with E-state index in [0.29, 0.717) is 0 Å². The number of nitrogens with one attached hydrogen (secondary N) is 1. The maximum atomic E-state index is 5.87. The van der Waals surface area contributed by atoms with Crippen LogP contribution < -0.4 is 5.73 Å². The Kier molecular flexibility index (Phi) is 3.09. The Hall–Kier alpha value is -0.840. The molecule has 0 aliphatic rings. The first-order chi connectivity index (χ1) is 7.15. The van der Waals surface area contributed by atoms with Gasteiger partial charge in [0.2, 0.25) is 0 Å². The SMILES string of the molecule is CC(N)Cc1ncc(-c2csc(Cl)c2)[nH]1. The van der Waals surface area contributed by atoms with Gasteiger partial charge in [-0.1, -0.05) is 11.6 Å². The van der Waals surface area contributed by atoms with Gasteiger partial charge in [-0.2, -0.15) is 0 Å². The summed E-state index contributed by atoms with van der Waals surface area (Å²) in [5.41, 5.74) is 7.77. The predicted octanol–water partition coefficient (Wildman–Crippen LogP) is 2.68. The molecule has 0 fully saturated rings. The number of aromatic nitrogens is 2. The molecule has 0 aliphatic carbocycles. The zero-order valence-corrected chi connectivity index (χ0v) is 9.90. The number of hydrogen-bond donors (Lipinski definition) is 2. The van der Waals surface area contributed by atoms with Gasteiger partial charge >= 0.3 is 0 Å².